The Morgan fingerprint density at radius 1 is 1.09 bits per heavy atom. The average Bonchev–Trinajstić information content (AvgIpc) is 2.79. The maximum absolute atomic E-state index is 13.5. The number of carbonyl (C=O) groups is 3. The van der Waals surface area contributed by atoms with Crippen LogP contribution in [0, 0.1) is 18.3 Å². The van der Waals surface area contributed by atoms with Crippen LogP contribution in [-0.2, 0) is 19.1 Å². The van der Waals surface area contributed by atoms with E-state index >= 15 is 0 Å². The third kappa shape index (κ3) is 4.06. The SMILES string of the molecule is COC(=O)C1(C2c3cc(Br)ccc3OC(=O)C2C(=O)Nc2ccc(C)cc2)CCCCC1. The lowest BCUT2D eigenvalue weighted by atomic mass is 9.59. The van der Waals surface area contributed by atoms with Crippen LogP contribution in [0.1, 0.15) is 49.1 Å². The van der Waals surface area contributed by atoms with Gasteiger partial charge in [-0.3, -0.25) is 14.4 Å². The minimum atomic E-state index is -1.17. The van der Waals surface area contributed by atoms with Gasteiger partial charge < -0.3 is 14.8 Å². The highest BCUT2D eigenvalue weighted by molar-refractivity contribution is 9.10. The fourth-order valence-electron chi connectivity index (χ4n) is 5.10. The van der Waals surface area contributed by atoms with Crippen molar-refractivity contribution in [2.75, 3.05) is 12.4 Å². The number of amides is 1. The van der Waals surface area contributed by atoms with Crippen LogP contribution in [-0.4, -0.2) is 25.0 Å². The van der Waals surface area contributed by atoms with Gasteiger partial charge in [0.05, 0.1) is 12.5 Å². The van der Waals surface area contributed by atoms with Gasteiger partial charge in [-0.05, 0) is 50.1 Å². The Kier molecular flexibility index (Phi) is 6.38. The van der Waals surface area contributed by atoms with E-state index in [1.807, 2.05) is 25.1 Å². The molecular formula is C25H26BrNO5. The zero-order valence-electron chi connectivity index (χ0n) is 18.2. The highest BCUT2D eigenvalue weighted by Gasteiger charge is 2.57. The summed E-state index contributed by atoms with van der Waals surface area (Å²) < 4.78 is 11.6. The first-order chi connectivity index (χ1) is 15.4. The molecule has 0 bridgehead atoms. The number of esters is 2. The van der Waals surface area contributed by atoms with Gasteiger partial charge in [0.1, 0.15) is 11.7 Å². The van der Waals surface area contributed by atoms with Crippen molar-refractivity contribution in [3.05, 3.63) is 58.1 Å². The summed E-state index contributed by atoms with van der Waals surface area (Å²) >= 11 is 3.49. The number of fused-ring (bicyclic) bond motifs is 1. The number of rotatable bonds is 4. The maximum Gasteiger partial charge on any atom is 0.324 e. The molecule has 2 atom stereocenters. The molecule has 2 unspecified atom stereocenters. The lowest BCUT2D eigenvalue weighted by Gasteiger charge is -2.45. The van der Waals surface area contributed by atoms with Crippen molar-refractivity contribution in [1.29, 1.82) is 0 Å². The molecule has 168 valence electrons. The topological polar surface area (TPSA) is 81.7 Å². The normalized spacial score (nSPS) is 21.8. The summed E-state index contributed by atoms with van der Waals surface area (Å²) in [5.74, 6) is -2.98. The monoisotopic (exact) mass is 499 g/mol. The molecule has 32 heavy (non-hydrogen) atoms. The highest BCUT2D eigenvalue weighted by Crippen LogP contribution is 2.55. The fraction of sp³-hybridized carbons (Fsp3) is 0.400. The van der Waals surface area contributed by atoms with Crippen LogP contribution >= 0.6 is 15.9 Å². The molecule has 1 amide bonds. The van der Waals surface area contributed by atoms with Gasteiger partial charge >= 0.3 is 11.9 Å². The van der Waals surface area contributed by atoms with E-state index in [2.05, 4.69) is 21.2 Å². The van der Waals surface area contributed by atoms with Gasteiger partial charge in [0, 0.05) is 21.6 Å². The summed E-state index contributed by atoms with van der Waals surface area (Å²) in [6, 6.07) is 12.7. The van der Waals surface area contributed by atoms with Crippen molar-refractivity contribution < 1.29 is 23.9 Å². The van der Waals surface area contributed by atoms with Gasteiger partial charge in [-0.2, -0.15) is 0 Å². The standard InChI is InChI=1S/C25H26BrNO5/c1-15-6-9-17(10-7-15)27-22(28)20-21(25(24(30)31-2)12-4-3-5-13-25)18-14-16(26)8-11-19(18)32-23(20)29/h6-11,14,20-21H,3-5,12-13H2,1-2H3,(H,27,28). The van der Waals surface area contributed by atoms with Crippen molar-refractivity contribution in [3.8, 4) is 5.75 Å². The molecule has 0 saturated heterocycles. The van der Waals surface area contributed by atoms with E-state index in [4.69, 9.17) is 9.47 Å². The molecule has 6 nitrogen and oxygen atoms in total. The number of nitrogens with one attached hydrogen (secondary N) is 1. The van der Waals surface area contributed by atoms with Crippen molar-refractivity contribution in [1.82, 2.24) is 0 Å². The average molecular weight is 500 g/mol. The third-order valence-corrected chi connectivity index (χ3v) is 7.13. The highest BCUT2D eigenvalue weighted by atomic mass is 79.9. The van der Waals surface area contributed by atoms with Gasteiger partial charge in [0.25, 0.3) is 0 Å². The van der Waals surface area contributed by atoms with Gasteiger partial charge in [0.2, 0.25) is 5.91 Å². The predicted octanol–water partition coefficient (Wildman–Crippen LogP) is 5.14. The molecule has 1 aliphatic carbocycles. The van der Waals surface area contributed by atoms with Crippen LogP contribution in [0.4, 0.5) is 5.69 Å². The van der Waals surface area contributed by atoms with Crippen molar-refractivity contribution >= 4 is 39.5 Å². The molecule has 7 heteroatoms. The molecule has 2 aromatic carbocycles. The van der Waals surface area contributed by atoms with Crippen LogP contribution in [0.15, 0.2) is 46.9 Å². The molecule has 2 aliphatic rings. The van der Waals surface area contributed by atoms with E-state index in [-0.39, 0.29) is 5.97 Å². The summed E-state index contributed by atoms with van der Waals surface area (Å²) in [6.07, 6.45) is 3.77. The Labute approximate surface area is 195 Å². The van der Waals surface area contributed by atoms with E-state index < -0.39 is 29.1 Å². The van der Waals surface area contributed by atoms with E-state index in [0.717, 1.165) is 29.3 Å². The second-order valence-electron chi connectivity index (χ2n) is 8.62. The summed E-state index contributed by atoms with van der Waals surface area (Å²) in [5.41, 5.74) is 1.35. The number of halogens is 1. The zero-order valence-corrected chi connectivity index (χ0v) is 19.7. The number of methoxy groups -OCH3 is 1. The molecule has 1 fully saturated rings. The molecule has 1 aliphatic heterocycles. The number of carbonyl (C=O) groups excluding carboxylic acids is 3. The first kappa shape index (κ1) is 22.5. The van der Waals surface area contributed by atoms with Crippen LogP contribution in [0.2, 0.25) is 0 Å². The predicted molar refractivity (Wildman–Crippen MR) is 123 cm³/mol. The number of anilines is 1. The third-order valence-electron chi connectivity index (χ3n) is 6.64. The van der Waals surface area contributed by atoms with Gasteiger partial charge in [-0.15, -0.1) is 0 Å². The Bertz CT molecular complexity index is 1040. The smallest absolute Gasteiger partial charge is 0.324 e. The van der Waals surface area contributed by atoms with Crippen molar-refractivity contribution in [2.24, 2.45) is 11.3 Å². The Morgan fingerprint density at radius 2 is 1.78 bits per heavy atom. The molecule has 4 rings (SSSR count). The quantitative estimate of drug-likeness (QED) is 0.357. The number of hydrogen-bond donors (Lipinski definition) is 1. The van der Waals surface area contributed by atoms with Crippen LogP contribution < -0.4 is 10.1 Å². The van der Waals surface area contributed by atoms with E-state index in [1.165, 1.54) is 7.11 Å². The fourth-order valence-corrected chi connectivity index (χ4v) is 5.48. The molecule has 1 heterocycles. The van der Waals surface area contributed by atoms with Gasteiger partial charge in [-0.1, -0.05) is 52.9 Å². The summed E-state index contributed by atoms with van der Waals surface area (Å²) in [7, 11) is 1.36. The first-order valence-electron chi connectivity index (χ1n) is 10.8. The second-order valence-corrected chi connectivity index (χ2v) is 9.54. The Hall–Kier alpha value is -2.67. The van der Waals surface area contributed by atoms with E-state index in [0.29, 0.717) is 29.8 Å². The van der Waals surface area contributed by atoms with E-state index in [1.54, 1.807) is 24.3 Å². The molecule has 1 N–H and O–H groups in total. The van der Waals surface area contributed by atoms with Gasteiger partial charge in [0.15, 0.2) is 0 Å². The van der Waals surface area contributed by atoms with Crippen molar-refractivity contribution in [3.63, 3.8) is 0 Å². The number of aryl methyl sites for hydroxylation is 1. The summed E-state index contributed by atoms with van der Waals surface area (Å²) in [6.45, 7) is 1.96. The molecule has 0 spiro atoms. The number of benzene rings is 2. The molecule has 0 aromatic heterocycles. The van der Waals surface area contributed by atoms with Crippen LogP contribution in [0.5, 0.6) is 5.75 Å². The van der Waals surface area contributed by atoms with Crippen LogP contribution in [0.25, 0.3) is 0 Å². The maximum atomic E-state index is 13.5. The zero-order chi connectivity index (χ0) is 22.9. The lowest BCUT2D eigenvalue weighted by Crippen LogP contribution is -2.51. The summed E-state index contributed by atoms with van der Waals surface area (Å²) in [5, 5.41) is 2.85. The van der Waals surface area contributed by atoms with Crippen LogP contribution in [0.3, 0.4) is 0 Å². The Morgan fingerprint density at radius 3 is 2.44 bits per heavy atom. The summed E-state index contributed by atoms with van der Waals surface area (Å²) in [4.78, 5) is 39.9. The minimum absolute atomic E-state index is 0.379. The molecule has 0 radical (unpaired) electrons. The van der Waals surface area contributed by atoms with Gasteiger partial charge in [-0.25, -0.2) is 0 Å². The number of hydrogen-bond acceptors (Lipinski definition) is 5. The largest absolute Gasteiger partial charge is 0.469 e. The second kappa shape index (κ2) is 9.06. The van der Waals surface area contributed by atoms with E-state index in [9.17, 15) is 14.4 Å². The molecule has 1 saturated carbocycles. The lowest BCUT2D eigenvalue weighted by molar-refractivity contribution is -0.162. The molecule has 2 aromatic rings. The number of ether oxygens (including phenoxy) is 2. The first-order valence-corrected chi connectivity index (χ1v) is 11.6. The molecular weight excluding hydrogens is 474 g/mol. The Balaban J connectivity index is 1.82. The minimum Gasteiger partial charge on any atom is -0.469 e. The van der Waals surface area contributed by atoms with Crippen molar-refractivity contribution in [2.45, 2.75) is 44.9 Å².